The van der Waals surface area contributed by atoms with Gasteiger partial charge in [-0.2, -0.15) is 5.10 Å². The summed E-state index contributed by atoms with van der Waals surface area (Å²) in [6.45, 7) is 0. The van der Waals surface area contributed by atoms with Gasteiger partial charge in [0.2, 0.25) is 0 Å². The van der Waals surface area contributed by atoms with Gasteiger partial charge in [0, 0.05) is 24.0 Å². The molecule has 0 fully saturated rings. The number of fused-ring (bicyclic) bond motifs is 1. The average molecular weight is 198 g/mol. The van der Waals surface area contributed by atoms with Crippen molar-refractivity contribution in [1.82, 2.24) is 14.6 Å². The van der Waals surface area contributed by atoms with Crippen LogP contribution in [0.1, 0.15) is 11.7 Å². The highest BCUT2D eigenvalue weighted by molar-refractivity contribution is 6.18. The molecule has 1 N–H and O–H groups in total. The second kappa shape index (κ2) is 3.32. The van der Waals surface area contributed by atoms with E-state index >= 15 is 0 Å². The lowest BCUT2D eigenvalue weighted by Crippen LogP contribution is -2.02. The minimum absolute atomic E-state index is 0.161. The Labute approximate surface area is 79.8 Å². The maximum Gasteiger partial charge on any atom is 0.154 e. The smallest absolute Gasteiger partial charge is 0.154 e. The van der Waals surface area contributed by atoms with Gasteiger partial charge in [-0.25, -0.2) is 9.50 Å². The first-order valence-electron chi connectivity index (χ1n) is 3.84. The second-order valence-corrected chi connectivity index (χ2v) is 3.00. The number of rotatable bonds is 2. The monoisotopic (exact) mass is 197 g/mol. The minimum atomic E-state index is -0.678. The zero-order chi connectivity index (χ0) is 9.26. The van der Waals surface area contributed by atoms with E-state index in [-0.39, 0.29) is 5.88 Å². The molecule has 0 aromatic carbocycles. The first-order chi connectivity index (χ1) is 6.31. The summed E-state index contributed by atoms with van der Waals surface area (Å²) >= 11 is 5.50. The van der Waals surface area contributed by atoms with Gasteiger partial charge in [-0.15, -0.1) is 11.6 Å². The van der Waals surface area contributed by atoms with E-state index in [2.05, 4.69) is 10.1 Å². The largest absolute Gasteiger partial charge is 0.387 e. The van der Waals surface area contributed by atoms with Gasteiger partial charge in [0.25, 0.3) is 0 Å². The number of hydrogen-bond acceptors (Lipinski definition) is 3. The molecule has 1 unspecified atom stereocenters. The summed E-state index contributed by atoms with van der Waals surface area (Å²) in [4.78, 5) is 4.09. The molecule has 0 saturated heterocycles. The fraction of sp³-hybridized carbons (Fsp3) is 0.250. The highest BCUT2D eigenvalue weighted by atomic mass is 35.5. The maximum atomic E-state index is 9.41. The predicted molar refractivity (Wildman–Crippen MR) is 48.7 cm³/mol. The quantitative estimate of drug-likeness (QED) is 0.731. The van der Waals surface area contributed by atoms with Crippen molar-refractivity contribution in [3.63, 3.8) is 0 Å². The van der Waals surface area contributed by atoms with Gasteiger partial charge in [0.15, 0.2) is 5.65 Å². The molecule has 2 rings (SSSR count). The summed E-state index contributed by atoms with van der Waals surface area (Å²) in [5.74, 6) is 0.161. The number of nitrogens with zero attached hydrogens (tertiary/aromatic N) is 3. The molecule has 0 aliphatic carbocycles. The molecule has 0 amide bonds. The third-order valence-electron chi connectivity index (χ3n) is 1.80. The van der Waals surface area contributed by atoms with Crippen LogP contribution in [-0.4, -0.2) is 25.6 Å². The lowest BCUT2D eigenvalue weighted by atomic mass is 10.2. The van der Waals surface area contributed by atoms with E-state index in [1.807, 2.05) is 0 Å². The van der Waals surface area contributed by atoms with Gasteiger partial charge in [0.05, 0.1) is 18.2 Å². The molecular formula is C8H8ClN3O. The summed E-state index contributed by atoms with van der Waals surface area (Å²) in [6.07, 6.45) is 4.29. The number of halogens is 1. The van der Waals surface area contributed by atoms with Crippen LogP contribution in [0.3, 0.4) is 0 Å². The predicted octanol–water partition coefficient (Wildman–Crippen LogP) is 1.00. The molecular weight excluding hydrogens is 190 g/mol. The number of aromatic nitrogens is 3. The van der Waals surface area contributed by atoms with Crippen molar-refractivity contribution in [2.45, 2.75) is 6.10 Å². The summed E-state index contributed by atoms with van der Waals surface area (Å²) in [7, 11) is 0. The molecule has 68 valence electrons. The van der Waals surface area contributed by atoms with Crippen LogP contribution in [0.25, 0.3) is 5.65 Å². The molecule has 0 spiro atoms. The van der Waals surface area contributed by atoms with Crippen molar-refractivity contribution in [2.24, 2.45) is 0 Å². The van der Waals surface area contributed by atoms with Gasteiger partial charge in [-0.3, -0.25) is 0 Å². The zero-order valence-corrected chi connectivity index (χ0v) is 7.52. The first-order valence-corrected chi connectivity index (χ1v) is 4.38. The summed E-state index contributed by atoms with van der Waals surface area (Å²) in [5.41, 5.74) is 1.43. The van der Waals surface area contributed by atoms with E-state index in [1.54, 1.807) is 29.2 Å². The number of aliphatic hydroxyl groups excluding tert-OH is 1. The molecule has 13 heavy (non-hydrogen) atoms. The summed E-state index contributed by atoms with van der Waals surface area (Å²) < 4.78 is 1.60. The summed E-state index contributed by atoms with van der Waals surface area (Å²) in [5, 5.41) is 13.4. The topological polar surface area (TPSA) is 50.4 Å². The lowest BCUT2D eigenvalue weighted by Gasteiger charge is -2.05. The zero-order valence-electron chi connectivity index (χ0n) is 6.76. The van der Waals surface area contributed by atoms with Crippen LogP contribution in [0, 0.1) is 0 Å². The second-order valence-electron chi connectivity index (χ2n) is 2.69. The van der Waals surface area contributed by atoms with Crippen molar-refractivity contribution in [3.05, 3.63) is 30.2 Å². The van der Waals surface area contributed by atoms with Gasteiger partial charge < -0.3 is 5.11 Å². The molecule has 0 bridgehead atoms. The van der Waals surface area contributed by atoms with Gasteiger partial charge in [0.1, 0.15) is 0 Å². The molecule has 4 nitrogen and oxygen atoms in total. The molecule has 5 heteroatoms. The van der Waals surface area contributed by atoms with Crippen molar-refractivity contribution >= 4 is 17.2 Å². The molecule has 1 atom stereocenters. The van der Waals surface area contributed by atoms with Crippen molar-refractivity contribution < 1.29 is 5.11 Å². The van der Waals surface area contributed by atoms with Crippen molar-refractivity contribution in [3.8, 4) is 0 Å². The Balaban J connectivity index is 2.48. The Morgan fingerprint density at radius 2 is 2.46 bits per heavy atom. The van der Waals surface area contributed by atoms with E-state index in [0.717, 1.165) is 5.65 Å². The van der Waals surface area contributed by atoms with Gasteiger partial charge >= 0.3 is 0 Å². The Hall–Kier alpha value is -1.13. The molecule has 2 heterocycles. The maximum absolute atomic E-state index is 9.41. The van der Waals surface area contributed by atoms with E-state index in [1.165, 1.54) is 0 Å². The molecule has 0 saturated carbocycles. The Morgan fingerprint density at radius 3 is 3.23 bits per heavy atom. The fourth-order valence-corrected chi connectivity index (χ4v) is 1.26. The van der Waals surface area contributed by atoms with E-state index in [9.17, 15) is 5.11 Å². The first kappa shape index (κ1) is 8.47. The number of hydrogen-bond donors (Lipinski definition) is 1. The normalized spacial score (nSPS) is 13.4. The Morgan fingerprint density at radius 1 is 1.62 bits per heavy atom. The molecule has 0 aliphatic rings. The fourth-order valence-electron chi connectivity index (χ4n) is 1.09. The van der Waals surface area contributed by atoms with Gasteiger partial charge in [-0.05, 0) is 0 Å². The number of alkyl halides is 1. The van der Waals surface area contributed by atoms with E-state index in [0.29, 0.717) is 5.56 Å². The Kier molecular flexibility index (Phi) is 2.16. The third-order valence-corrected chi connectivity index (χ3v) is 2.09. The number of aliphatic hydroxyl groups is 1. The van der Waals surface area contributed by atoms with Crippen molar-refractivity contribution in [1.29, 1.82) is 0 Å². The third kappa shape index (κ3) is 1.50. The molecule has 0 aliphatic heterocycles. The lowest BCUT2D eigenvalue weighted by molar-refractivity contribution is 0.201. The minimum Gasteiger partial charge on any atom is -0.387 e. The highest BCUT2D eigenvalue weighted by Gasteiger charge is 2.07. The van der Waals surface area contributed by atoms with Crippen LogP contribution in [0.2, 0.25) is 0 Å². The van der Waals surface area contributed by atoms with Crippen LogP contribution < -0.4 is 0 Å². The van der Waals surface area contributed by atoms with Gasteiger partial charge in [-0.1, -0.05) is 0 Å². The average Bonchev–Trinajstić information content (AvgIpc) is 2.63. The van der Waals surface area contributed by atoms with Crippen LogP contribution in [0.4, 0.5) is 0 Å². The van der Waals surface area contributed by atoms with Crippen molar-refractivity contribution in [2.75, 3.05) is 5.88 Å². The van der Waals surface area contributed by atoms with Crippen LogP contribution in [0.15, 0.2) is 24.7 Å². The highest BCUT2D eigenvalue weighted by Crippen LogP contribution is 2.12. The van der Waals surface area contributed by atoms with E-state index < -0.39 is 6.10 Å². The molecule has 0 radical (unpaired) electrons. The van der Waals surface area contributed by atoms with Crippen LogP contribution >= 0.6 is 11.6 Å². The van der Waals surface area contributed by atoms with E-state index in [4.69, 9.17) is 11.6 Å². The van der Waals surface area contributed by atoms with Crippen LogP contribution in [0.5, 0.6) is 0 Å². The standard InChI is InChI=1S/C8H8ClN3O/c9-3-7(13)6-4-10-8-1-2-11-12(8)5-6/h1-2,4-5,7,13H,3H2. The summed E-state index contributed by atoms with van der Waals surface area (Å²) in [6, 6.07) is 1.79. The van der Waals surface area contributed by atoms with Crippen LogP contribution in [-0.2, 0) is 0 Å². The molecule has 2 aromatic heterocycles. The molecule has 2 aromatic rings. The SMILES string of the molecule is OC(CCl)c1cnc2ccnn2c1. The Bertz CT molecular complexity index is 414.